The van der Waals surface area contributed by atoms with Gasteiger partial charge >= 0.3 is 6.03 Å². The topological polar surface area (TPSA) is 96.4 Å². The fourth-order valence-electron chi connectivity index (χ4n) is 2.59. The van der Waals surface area contributed by atoms with Gasteiger partial charge in [-0.05, 0) is 42.5 Å². The molecule has 0 aromatic heterocycles. The molecule has 0 aliphatic heterocycles. The summed E-state index contributed by atoms with van der Waals surface area (Å²) in [7, 11) is 0. The summed E-state index contributed by atoms with van der Waals surface area (Å²) in [5.41, 5.74) is 5.98. The maximum absolute atomic E-state index is 12.8. The zero-order chi connectivity index (χ0) is 21.8. The van der Waals surface area contributed by atoms with Crippen molar-refractivity contribution < 1.29 is 14.3 Å². The summed E-state index contributed by atoms with van der Waals surface area (Å²) in [5, 5.41) is 9.46. The predicted octanol–water partition coefficient (Wildman–Crippen LogP) is 6.04. The van der Waals surface area contributed by atoms with E-state index in [0.29, 0.717) is 11.3 Å². The molecule has 150 valence electrons. The van der Waals surface area contributed by atoms with Crippen LogP contribution in [0.1, 0.15) is 15.9 Å². The van der Waals surface area contributed by atoms with Crippen molar-refractivity contribution in [1.29, 1.82) is 5.26 Å². The number of amides is 3. The van der Waals surface area contributed by atoms with Crippen molar-refractivity contribution in [3.8, 4) is 17.6 Å². The van der Waals surface area contributed by atoms with Gasteiger partial charge in [0, 0.05) is 6.07 Å². The number of benzene rings is 3. The molecule has 2 N–H and O–H groups in total. The monoisotopic (exact) mass is 459 g/mol. The molecule has 3 rings (SSSR count). The predicted molar refractivity (Wildman–Crippen MR) is 116 cm³/mol. The normalized spacial score (nSPS) is 10.2. The van der Waals surface area contributed by atoms with Gasteiger partial charge in [0.1, 0.15) is 17.6 Å². The molecule has 30 heavy (non-hydrogen) atoms. The Kier molecular flexibility index (Phi) is 6.48. The number of halogens is 3. The first-order valence-electron chi connectivity index (χ1n) is 8.37. The second-order valence-corrected chi connectivity index (χ2v) is 7.15. The quantitative estimate of drug-likeness (QED) is 0.513. The van der Waals surface area contributed by atoms with E-state index in [1.807, 2.05) is 6.07 Å². The molecule has 6 nitrogen and oxygen atoms in total. The van der Waals surface area contributed by atoms with Crippen LogP contribution < -0.4 is 15.4 Å². The number of primary amides is 1. The third-order valence-electron chi connectivity index (χ3n) is 3.99. The number of nitrogens with two attached hydrogens (primary N) is 1. The van der Waals surface area contributed by atoms with Crippen LogP contribution in [0.4, 0.5) is 10.5 Å². The molecule has 0 aliphatic rings. The number of hydrogen-bond acceptors (Lipinski definition) is 4. The first-order chi connectivity index (χ1) is 14.3. The Labute approximate surface area is 186 Å². The second-order valence-electron chi connectivity index (χ2n) is 5.93. The number of carbonyl (C=O) groups is 2. The van der Waals surface area contributed by atoms with Crippen LogP contribution in [-0.4, -0.2) is 11.9 Å². The van der Waals surface area contributed by atoms with Gasteiger partial charge in [-0.25, -0.2) is 9.69 Å². The lowest BCUT2D eigenvalue weighted by Gasteiger charge is -2.20. The molecule has 3 aromatic carbocycles. The zero-order valence-electron chi connectivity index (χ0n) is 15.1. The van der Waals surface area contributed by atoms with Crippen LogP contribution in [0.15, 0.2) is 60.7 Å². The number of nitrogens with zero attached hydrogens (tertiary/aromatic N) is 2. The van der Waals surface area contributed by atoms with Crippen molar-refractivity contribution in [2.24, 2.45) is 5.73 Å². The van der Waals surface area contributed by atoms with Crippen LogP contribution in [0, 0.1) is 11.3 Å². The van der Waals surface area contributed by atoms with Gasteiger partial charge in [0.15, 0.2) is 0 Å². The van der Waals surface area contributed by atoms with E-state index in [4.69, 9.17) is 50.5 Å². The molecule has 0 saturated carbocycles. The molecule has 0 spiro atoms. The first-order valence-corrected chi connectivity index (χ1v) is 9.50. The average Bonchev–Trinajstić information content (AvgIpc) is 2.70. The minimum absolute atomic E-state index is 0.113. The highest BCUT2D eigenvalue weighted by Crippen LogP contribution is 2.35. The van der Waals surface area contributed by atoms with Crippen molar-refractivity contribution in [1.82, 2.24) is 0 Å². The molecule has 3 aromatic rings. The van der Waals surface area contributed by atoms with Crippen molar-refractivity contribution in [3.05, 3.63) is 86.9 Å². The Morgan fingerprint density at radius 1 is 0.933 bits per heavy atom. The number of imide groups is 1. The molecular formula is C21H12Cl3N3O3. The van der Waals surface area contributed by atoms with Crippen LogP contribution in [0.25, 0.3) is 0 Å². The molecular weight excluding hydrogens is 449 g/mol. The van der Waals surface area contributed by atoms with Crippen molar-refractivity contribution in [3.63, 3.8) is 0 Å². The summed E-state index contributed by atoms with van der Waals surface area (Å²) < 4.78 is 5.68. The second kappa shape index (κ2) is 9.06. The lowest BCUT2D eigenvalue weighted by molar-refractivity contribution is 0.0995. The Hall–Kier alpha value is -3.24. The molecule has 0 radical (unpaired) electrons. The maximum atomic E-state index is 12.8. The Morgan fingerprint density at radius 3 is 2.27 bits per heavy atom. The number of hydrogen-bond donors (Lipinski definition) is 1. The summed E-state index contributed by atoms with van der Waals surface area (Å²) >= 11 is 18.3. The van der Waals surface area contributed by atoms with Crippen LogP contribution in [0.2, 0.25) is 15.1 Å². The fourth-order valence-corrected chi connectivity index (χ4v) is 3.23. The van der Waals surface area contributed by atoms with Gasteiger partial charge in [0.05, 0.1) is 31.9 Å². The van der Waals surface area contributed by atoms with Crippen LogP contribution >= 0.6 is 34.8 Å². The van der Waals surface area contributed by atoms with Crippen molar-refractivity contribution in [2.75, 3.05) is 4.90 Å². The van der Waals surface area contributed by atoms with E-state index in [2.05, 4.69) is 0 Å². The lowest BCUT2D eigenvalue weighted by Crippen LogP contribution is -2.41. The number of urea groups is 1. The SMILES string of the molecule is N#Cc1ccc(Oc2ccc(N(C(N)=O)C(=O)c3ccccc3Cl)cc2Cl)cc1Cl. The minimum Gasteiger partial charge on any atom is -0.456 e. The maximum Gasteiger partial charge on any atom is 0.326 e. The van der Waals surface area contributed by atoms with Gasteiger partial charge in [-0.2, -0.15) is 5.26 Å². The average molecular weight is 461 g/mol. The smallest absolute Gasteiger partial charge is 0.326 e. The van der Waals surface area contributed by atoms with E-state index < -0.39 is 11.9 Å². The van der Waals surface area contributed by atoms with E-state index in [0.717, 1.165) is 4.90 Å². The van der Waals surface area contributed by atoms with Gasteiger partial charge in [-0.3, -0.25) is 4.79 Å². The van der Waals surface area contributed by atoms with E-state index in [9.17, 15) is 9.59 Å². The minimum atomic E-state index is -0.997. The van der Waals surface area contributed by atoms with Crippen LogP contribution in [0.5, 0.6) is 11.5 Å². The van der Waals surface area contributed by atoms with Gasteiger partial charge in [0.25, 0.3) is 5.91 Å². The van der Waals surface area contributed by atoms with Crippen LogP contribution in [-0.2, 0) is 0 Å². The largest absolute Gasteiger partial charge is 0.456 e. The number of anilines is 1. The fraction of sp³-hybridized carbons (Fsp3) is 0. The molecule has 0 bridgehead atoms. The standard InChI is InChI=1S/C21H12Cl3N3O3/c22-16-4-2-1-3-15(16)20(28)27(21(26)29)13-6-8-19(18(24)9-13)30-14-7-5-12(11-25)17(23)10-14/h1-10H,(H2,26,29). The van der Waals surface area contributed by atoms with Gasteiger partial charge in [0.2, 0.25) is 0 Å². The number of ether oxygens (including phenoxy) is 1. The molecule has 0 heterocycles. The highest BCUT2D eigenvalue weighted by atomic mass is 35.5. The molecule has 0 unspecified atom stereocenters. The Morgan fingerprint density at radius 2 is 1.67 bits per heavy atom. The van der Waals surface area contributed by atoms with Crippen LogP contribution in [0.3, 0.4) is 0 Å². The number of rotatable bonds is 4. The summed E-state index contributed by atoms with van der Waals surface area (Å²) in [5.74, 6) is -0.0972. The third-order valence-corrected chi connectivity index (χ3v) is 4.93. The van der Waals surface area contributed by atoms with E-state index in [1.54, 1.807) is 18.2 Å². The van der Waals surface area contributed by atoms with Gasteiger partial charge in [-0.15, -0.1) is 0 Å². The lowest BCUT2D eigenvalue weighted by atomic mass is 10.2. The third kappa shape index (κ3) is 4.50. The van der Waals surface area contributed by atoms with E-state index >= 15 is 0 Å². The highest BCUT2D eigenvalue weighted by Gasteiger charge is 2.25. The van der Waals surface area contributed by atoms with E-state index in [1.165, 1.54) is 42.5 Å². The molecule has 0 atom stereocenters. The molecule has 3 amide bonds. The zero-order valence-corrected chi connectivity index (χ0v) is 17.4. The Balaban J connectivity index is 1.91. The summed E-state index contributed by atoms with van der Waals surface area (Å²) in [4.78, 5) is 25.6. The number of nitriles is 1. The molecule has 0 aliphatic carbocycles. The van der Waals surface area contributed by atoms with Crippen molar-refractivity contribution >= 4 is 52.4 Å². The summed E-state index contributed by atoms with van der Waals surface area (Å²) in [6.07, 6.45) is 0. The van der Waals surface area contributed by atoms with Crippen molar-refractivity contribution in [2.45, 2.75) is 0 Å². The number of carbonyl (C=O) groups excluding carboxylic acids is 2. The van der Waals surface area contributed by atoms with E-state index in [-0.39, 0.29) is 32.1 Å². The molecule has 9 heteroatoms. The Bertz CT molecular complexity index is 1190. The highest BCUT2D eigenvalue weighted by molar-refractivity contribution is 6.36. The van der Waals surface area contributed by atoms with Gasteiger partial charge < -0.3 is 10.5 Å². The molecule has 0 fully saturated rings. The summed E-state index contributed by atoms with van der Waals surface area (Å²) in [6.45, 7) is 0. The first kappa shape index (κ1) is 21.5. The molecule has 0 saturated heterocycles. The summed E-state index contributed by atoms with van der Waals surface area (Å²) in [6, 6.07) is 16.1. The van der Waals surface area contributed by atoms with Gasteiger partial charge in [-0.1, -0.05) is 46.9 Å².